The summed E-state index contributed by atoms with van der Waals surface area (Å²) in [4.78, 5) is 23.1. The smallest absolute Gasteiger partial charge is 0.269 e. The molecule has 4 aromatic rings. The zero-order valence-corrected chi connectivity index (χ0v) is 14.2. The maximum absolute atomic E-state index is 12.8. The molecule has 6 heteroatoms. The average molecular weight is 357 g/mol. The third-order valence-corrected chi connectivity index (χ3v) is 4.31. The van der Waals surface area contributed by atoms with Gasteiger partial charge in [0.1, 0.15) is 0 Å². The first-order valence-corrected chi connectivity index (χ1v) is 8.34. The van der Waals surface area contributed by atoms with E-state index in [-0.39, 0.29) is 11.2 Å². The lowest BCUT2D eigenvalue weighted by Gasteiger charge is -2.10. The van der Waals surface area contributed by atoms with Crippen molar-refractivity contribution >= 4 is 27.8 Å². The van der Waals surface area contributed by atoms with Crippen molar-refractivity contribution in [1.82, 2.24) is 4.57 Å². The van der Waals surface area contributed by atoms with Crippen LogP contribution in [0.5, 0.6) is 0 Å². The van der Waals surface area contributed by atoms with Gasteiger partial charge in [-0.25, -0.2) is 0 Å². The van der Waals surface area contributed by atoms with Gasteiger partial charge in [0.05, 0.1) is 4.92 Å². The van der Waals surface area contributed by atoms with Gasteiger partial charge in [0.25, 0.3) is 11.2 Å². The first-order valence-electron chi connectivity index (χ1n) is 8.34. The number of hydrogen-bond donors (Lipinski definition) is 1. The third-order valence-electron chi connectivity index (χ3n) is 4.31. The summed E-state index contributed by atoms with van der Waals surface area (Å²) in [6.45, 7) is 0. The van der Waals surface area contributed by atoms with Crippen molar-refractivity contribution in [2.24, 2.45) is 0 Å². The van der Waals surface area contributed by atoms with Gasteiger partial charge in [0.15, 0.2) is 0 Å². The van der Waals surface area contributed by atoms with Gasteiger partial charge in [0.2, 0.25) is 0 Å². The molecule has 1 aromatic heterocycles. The number of aromatic nitrogens is 1. The molecule has 0 aliphatic rings. The summed E-state index contributed by atoms with van der Waals surface area (Å²) in [5.41, 5.74) is 2.26. The first kappa shape index (κ1) is 16.5. The van der Waals surface area contributed by atoms with Crippen LogP contribution in [0.25, 0.3) is 16.5 Å². The van der Waals surface area contributed by atoms with E-state index in [1.807, 2.05) is 48.5 Å². The Bertz CT molecular complexity index is 1180. The predicted molar refractivity (Wildman–Crippen MR) is 106 cm³/mol. The van der Waals surface area contributed by atoms with Crippen LogP contribution >= 0.6 is 0 Å². The van der Waals surface area contributed by atoms with Crippen LogP contribution < -0.4 is 10.9 Å². The minimum absolute atomic E-state index is 0.00998. The van der Waals surface area contributed by atoms with E-state index in [1.165, 1.54) is 16.7 Å². The Morgan fingerprint density at radius 2 is 1.59 bits per heavy atom. The van der Waals surface area contributed by atoms with Crippen LogP contribution in [0, 0.1) is 10.1 Å². The van der Waals surface area contributed by atoms with E-state index in [0.717, 1.165) is 16.8 Å². The molecule has 0 unspecified atom stereocenters. The summed E-state index contributed by atoms with van der Waals surface area (Å²) >= 11 is 0. The quantitative estimate of drug-likeness (QED) is 0.426. The molecule has 0 bridgehead atoms. The molecule has 0 aliphatic heterocycles. The predicted octanol–water partition coefficient (Wildman–Crippen LogP) is 4.64. The molecule has 0 fully saturated rings. The van der Waals surface area contributed by atoms with E-state index in [2.05, 4.69) is 5.32 Å². The monoisotopic (exact) mass is 357 g/mol. The molecule has 1 heterocycles. The van der Waals surface area contributed by atoms with Crippen molar-refractivity contribution < 1.29 is 4.92 Å². The molecule has 0 saturated heterocycles. The molecular formula is C21H15N3O3. The molecule has 0 radical (unpaired) electrons. The van der Waals surface area contributed by atoms with Crippen molar-refractivity contribution in [2.45, 2.75) is 0 Å². The molecule has 0 amide bonds. The standard InChI is InChI=1S/C21H15N3O3/c25-21-20-11-6-17(22-16-4-2-1-3-5-16)14-15(20)12-13-23(21)18-7-9-19(10-8-18)24(26)27/h1-14,22H. The lowest BCUT2D eigenvalue weighted by Crippen LogP contribution is -2.17. The highest BCUT2D eigenvalue weighted by molar-refractivity contribution is 5.86. The summed E-state index contributed by atoms with van der Waals surface area (Å²) < 4.78 is 1.48. The SMILES string of the molecule is O=c1c2ccc(Nc3ccccc3)cc2ccn1-c1ccc([N+](=O)[O-])cc1. The summed E-state index contributed by atoms with van der Waals surface area (Å²) in [5.74, 6) is 0. The zero-order chi connectivity index (χ0) is 18.8. The third kappa shape index (κ3) is 3.28. The Morgan fingerprint density at radius 3 is 2.30 bits per heavy atom. The molecule has 1 N–H and O–H groups in total. The minimum Gasteiger partial charge on any atom is -0.356 e. The summed E-state index contributed by atoms with van der Waals surface area (Å²) in [6, 6.07) is 23.1. The minimum atomic E-state index is -0.464. The summed E-state index contributed by atoms with van der Waals surface area (Å²) in [5, 5.41) is 15.5. The number of nitrogens with one attached hydrogen (secondary N) is 1. The van der Waals surface area contributed by atoms with Gasteiger partial charge in [-0.15, -0.1) is 0 Å². The second kappa shape index (κ2) is 6.76. The molecule has 132 valence electrons. The van der Waals surface area contributed by atoms with Crippen molar-refractivity contribution in [3.05, 3.63) is 106 Å². The van der Waals surface area contributed by atoms with Gasteiger partial charge in [-0.2, -0.15) is 0 Å². The molecular weight excluding hydrogens is 342 g/mol. The number of hydrogen-bond acceptors (Lipinski definition) is 4. The highest BCUT2D eigenvalue weighted by Crippen LogP contribution is 2.21. The summed E-state index contributed by atoms with van der Waals surface area (Å²) in [6.07, 6.45) is 1.68. The Kier molecular flexibility index (Phi) is 4.14. The molecule has 0 aliphatic carbocycles. The van der Waals surface area contributed by atoms with Crippen LogP contribution in [0.15, 0.2) is 89.9 Å². The fraction of sp³-hybridized carbons (Fsp3) is 0. The van der Waals surface area contributed by atoms with E-state index in [9.17, 15) is 14.9 Å². The lowest BCUT2D eigenvalue weighted by molar-refractivity contribution is -0.384. The molecule has 27 heavy (non-hydrogen) atoms. The number of fused-ring (bicyclic) bond motifs is 1. The van der Waals surface area contributed by atoms with Crippen LogP contribution in [-0.2, 0) is 0 Å². The molecule has 4 rings (SSSR count). The highest BCUT2D eigenvalue weighted by atomic mass is 16.6. The largest absolute Gasteiger partial charge is 0.356 e. The van der Waals surface area contributed by atoms with Gasteiger partial charge in [-0.3, -0.25) is 19.5 Å². The Morgan fingerprint density at radius 1 is 0.852 bits per heavy atom. The van der Waals surface area contributed by atoms with E-state index in [4.69, 9.17) is 0 Å². The second-order valence-corrected chi connectivity index (χ2v) is 6.06. The van der Waals surface area contributed by atoms with Crippen LogP contribution in [0.4, 0.5) is 17.1 Å². The van der Waals surface area contributed by atoms with Gasteiger partial charge < -0.3 is 5.32 Å². The number of pyridine rings is 1. The van der Waals surface area contributed by atoms with E-state index >= 15 is 0 Å². The second-order valence-electron chi connectivity index (χ2n) is 6.06. The molecule has 0 saturated carbocycles. The number of anilines is 2. The van der Waals surface area contributed by atoms with E-state index in [1.54, 1.807) is 24.4 Å². The molecule has 6 nitrogen and oxygen atoms in total. The molecule has 0 spiro atoms. The Balaban J connectivity index is 1.71. The van der Waals surface area contributed by atoms with Gasteiger partial charge >= 0.3 is 0 Å². The zero-order valence-electron chi connectivity index (χ0n) is 14.2. The maximum atomic E-state index is 12.8. The number of nitro groups is 1. The van der Waals surface area contributed by atoms with Crippen molar-refractivity contribution in [3.63, 3.8) is 0 Å². The van der Waals surface area contributed by atoms with E-state index < -0.39 is 4.92 Å². The number of rotatable bonds is 4. The van der Waals surface area contributed by atoms with Crippen molar-refractivity contribution in [2.75, 3.05) is 5.32 Å². The Labute approximate surface area is 154 Å². The van der Waals surface area contributed by atoms with Crippen molar-refractivity contribution in [1.29, 1.82) is 0 Å². The fourth-order valence-corrected chi connectivity index (χ4v) is 2.95. The van der Waals surface area contributed by atoms with E-state index in [0.29, 0.717) is 11.1 Å². The average Bonchev–Trinajstić information content (AvgIpc) is 2.69. The van der Waals surface area contributed by atoms with Gasteiger partial charge in [-0.1, -0.05) is 18.2 Å². The molecule has 0 atom stereocenters. The maximum Gasteiger partial charge on any atom is 0.269 e. The lowest BCUT2D eigenvalue weighted by atomic mass is 10.1. The summed E-state index contributed by atoms with van der Waals surface area (Å²) in [7, 11) is 0. The molecule has 3 aromatic carbocycles. The first-order chi connectivity index (χ1) is 13.1. The number of non-ortho nitro benzene ring substituents is 1. The fourth-order valence-electron chi connectivity index (χ4n) is 2.95. The number of nitrogens with zero attached hydrogens (tertiary/aromatic N) is 2. The number of benzene rings is 3. The van der Waals surface area contributed by atoms with Crippen LogP contribution in [0.2, 0.25) is 0 Å². The van der Waals surface area contributed by atoms with Gasteiger partial charge in [-0.05, 0) is 53.9 Å². The van der Waals surface area contributed by atoms with Crippen molar-refractivity contribution in [3.8, 4) is 5.69 Å². The Hall–Kier alpha value is -3.93. The highest BCUT2D eigenvalue weighted by Gasteiger charge is 2.08. The van der Waals surface area contributed by atoms with Gasteiger partial charge in [0, 0.05) is 40.8 Å². The normalized spacial score (nSPS) is 10.7. The topological polar surface area (TPSA) is 77.2 Å². The van der Waals surface area contributed by atoms with Crippen LogP contribution in [0.3, 0.4) is 0 Å². The van der Waals surface area contributed by atoms with Crippen LogP contribution in [0.1, 0.15) is 0 Å². The van der Waals surface area contributed by atoms with Crippen LogP contribution in [-0.4, -0.2) is 9.49 Å². The number of para-hydroxylation sites is 1. The number of nitro benzene ring substituents is 1.